The average Bonchev–Trinajstić information content (AvgIpc) is 2.42. The minimum Gasteiger partial charge on any atom is -0.301 e. The van der Waals surface area contributed by atoms with Crippen molar-refractivity contribution in [2.24, 2.45) is 11.8 Å². The Morgan fingerprint density at radius 2 is 1.72 bits per heavy atom. The van der Waals surface area contributed by atoms with Gasteiger partial charge < -0.3 is 4.90 Å². The van der Waals surface area contributed by atoms with E-state index in [0.717, 1.165) is 38.0 Å². The first-order valence-electron chi connectivity index (χ1n) is 7.63. The van der Waals surface area contributed by atoms with E-state index < -0.39 is 0 Å². The van der Waals surface area contributed by atoms with E-state index in [1.165, 1.54) is 38.6 Å². The van der Waals surface area contributed by atoms with Crippen LogP contribution in [-0.4, -0.2) is 49.1 Å². The lowest BCUT2D eigenvalue weighted by atomic mass is 9.80. The first kappa shape index (κ1) is 13.8. The van der Waals surface area contributed by atoms with Crippen LogP contribution in [0.15, 0.2) is 0 Å². The molecule has 3 heteroatoms. The highest BCUT2D eigenvalue weighted by atomic mass is 15.3. The Bertz CT molecular complexity index is 276. The van der Waals surface area contributed by atoms with E-state index in [4.69, 9.17) is 5.26 Å². The molecule has 0 amide bonds. The van der Waals surface area contributed by atoms with Crippen molar-refractivity contribution in [3.05, 3.63) is 0 Å². The summed E-state index contributed by atoms with van der Waals surface area (Å²) < 4.78 is 0. The molecule has 2 rings (SSSR count). The van der Waals surface area contributed by atoms with Gasteiger partial charge in [-0.1, -0.05) is 26.2 Å². The van der Waals surface area contributed by atoms with Crippen molar-refractivity contribution >= 4 is 0 Å². The molecule has 0 N–H and O–H groups in total. The maximum atomic E-state index is 8.70. The van der Waals surface area contributed by atoms with Crippen molar-refractivity contribution in [2.45, 2.75) is 39.0 Å². The molecule has 0 aromatic carbocycles. The number of nitriles is 1. The predicted molar refractivity (Wildman–Crippen MR) is 74.2 cm³/mol. The molecule has 1 heterocycles. The molecule has 1 saturated carbocycles. The molecule has 0 spiro atoms. The maximum Gasteiger partial charge on any atom is 0.0866 e. The van der Waals surface area contributed by atoms with E-state index >= 15 is 0 Å². The van der Waals surface area contributed by atoms with Gasteiger partial charge in [-0.15, -0.1) is 0 Å². The Kier molecular flexibility index (Phi) is 5.46. The highest BCUT2D eigenvalue weighted by Crippen LogP contribution is 2.31. The largest absolute Gasteiger partial charge is 0.301 e. The number of piperazine rings is 1. The van der Waals surface area contributed by atoms with Crippen LogP contribution in [0.4, 0.5) is 0 Å². The lowest BCUT2D eigenvalue weighted by molar-refractivity contribution is 0.109. The van der Waals surface area contributed by atoms with Gasteiger partial charge in [0.15, 0.2) is 0 Å². The molecule has 18 heavy (non-hydrogen) atoms. The first-order chi connectivity index (χ1) is 8.81. The predicted octanol–water partition coefficient (Wildman–Crippen LogP) is 2.34. The fourth-order valence-corrected chi connectivity index (χ4v) is 3.53. The highest BCUT2D eigenvalue weighted by Gasteiger charge is 2.24. The zero-order chi connectivity index (χ0) is 12.8. The van der Waals surface area contributed by atoms with Gasteiger partial charge in [0.05, 0.1) is 12.6 Å². The van der Waals surface area contributed by atoms with Crippen molar-refractivity contribution in [3.63, 3.8) is 0 Å². The van der Waals surface area contributed by atoms with Gasteiger partial charge in [-0.2, -0.15) is 5.26 Å². The third-order valence-corrected chi connectivity index (χ3v) is 4.74. The number of hydrogen-bond acceptors (Lipinski definition) is 3. The van der Waals surface area contributed by atoms with Gasteiger partial charge in [-0.05, 0) is 24.7 Å². The summed E-state index contributed by atoms with van der Waals surface area (Å²) in [6.45, 7) is 8.73. The van der Waals surface area contributed by atoms with Gasteiger partial charge in [0.25, 0.3) is 0 Å². The first-order valence-corrected chi connectivity index (χ1v) is 7.63. The third kappa shape index (κ3) is 3.96. The third-order valence-electron chi connectivity index (χ3n) is 4.74. The number of rotatable bonds is 4. The van der Waals surface area contributed by atoms with Gasteiger partial charge >= 0.3 is 0 Å². The molecule has 1 saturated heterocycles. The van der Waals surface area contributed by atoms with E-state index in [9.17, 15) is 0 Å². The van der Waals surface area contributed by atoms with Crippen LogP contribution in [0.25, 0.3) is 0 Å². The van der Waals surface area contributed by atoms with E-state index in [1.54, 1.807) is 0 Å². The molecule has 2 fully saturated rings. The van der Waals surface area contributed by atoms with Crippen LogP contribution in [0.2, 0.25) is 0 Å². The second-order valence-corrected chi connectivity index (χ2v) is 6.04. The van der Waals surface area contributed by atoms with Gasteiger partial charge in [-0.3, -0.25) is 4.90 Å². The van der Waals surface area contributed by atoms with Gasteiger partial charge in [0.2, 0.25) is 0 Å². The van der Waals surface area contributed by atoms with Crippen LogP contribution < -0.4 is 0 Å². The summed E-state index contributed by atoms with van der Waals surface area (Å²) in [5, 5.41) is 8.70. The minimum absolute atomic E-state index is 0.606. The van der Waals surface area contributed by atoms with Gasteiger partial charge in [0.1, 0.15) is 0 Å². The van der Waals surface area contributed by atoms with Crippen LogP contribution >= 0.6 is 0 Å². The SMILES string of the molecule is CC[C@@H]1CCC[C@@H](CN2CCN(CC#N)CC2)C1. The summed E-state index contributed by atoms with van der Waals surface area (Å²) in [6.07, 6.45) is 7.16. The quantitative estimate of drug-likeness (QED) is 0.716. The Morgan fingerprint density at radius 1 is 1.06 bits per heavy atom. The fourth-order valence-electron chi connectivity index (χ4n) is 3.53. The number of nitrogens with zero attached hydrogens (tertiary/aromatic N) is 3. The zero-order valence-corrected chi connectivity index (χ0v) is 11.8. The average molecular weight is 249 g/mol. The normalized spacial score (nSPS) is 31.1. The van der Waals surface area contributed by atoms with Crippen molar-refractivity contribution in [1.29, 1.82) is 5.26 Å². The summed E-state index contributed by atoms with van der Waals surface area (Å²) in [4.78, 5) is 4.89. The molecule has 3 nitrogen and oxygen atoms in total. The van der Waals surface area contributed by atoms with Gasteiger partial charge in [-0.25, -0.2) is 0 Å². The van der Waals surface area contributed by atoms with Crippen molar-refractivity contribution in [2.75, 3.05) is 39.3 Å². The monoisotopic (exact) mass is 249 g/mol. The summed E-state index contributed by atoms with van der Waals surface area (Å²) in [6, 6.07) is 2.25. The second kappa shape index (κ2) is 7.11. The molecule has 1 aliphatic heterocycles. The van der Waals surface area contributed by atoms with Crippen LogP contribution in [0.3, 0.4) is 0 Å². The van der Waals surface area contributed by atoms with E-state index in [2.05, 4.69) is 22.8 Å². The highest BCUT2D eigenvalue weighted by molar-refractivity contribution is 4.82. The minimum atomic E-state index is 0.606. The standard InChI is InChI=1S/C15H27N3/c1-2-14-4-3-5-15(12-14)13-18-10-8-17(7-6-16)9-11-18/h14-15H,2-5,7-13H2,1H3/t14-,15-/m1/s1. The zero-order valence-electron chi connectivity index (χ0n) is 11.8. The lowest BCUT2D eigenvalue weighted by Gasteiger charge is -2.37. The van der Waals surface area contributed by atoms with Crippen molar-refractivity contribution < 1.29 is 0 Å². The summed E-state index contributed by atoms with van der Waals surface area (Å²) in [7, 11) is 0. The molecular weight excluding hydrogens is 222 g/mol. The lowest BCUT2D eigenvalue weighted by Crippen LogP contribution is -2.48. The number of hydrogen-bond donors (Lipinski definition) is 0. The van der Waals surface area contributed by atoms with Crippen LogP contribution in [0.5, 0.6) is 0 Å². The van der Waals surface area contributed by atoms with Crippen molar-refractivity contribution in [3.8, 4) is 6.07 Å². The Balaban J connectivity index is 1.69. The second-order valence-electron chi connectivity index (χ2n) is 6.04. The molecule has 0 unspecified atom stereocenters. The van der Waals surface area contributed by atoms with Crippen LogP contribution in [-0.2, 0) is 0 Å². The Hall–Kier alpha value is -0.590. The molecule has 2 aliphatic rings. The molecule has 0 bridgehead atoms. The molecule has 102 valence electrons. The fraction of sp³-hybridized carbons (Fsp3) is 0.933. The molecule has 1 aliphatic carbocycles. The summed E-state index contributed by atoms with van der Waals surface area (Å²) >= 11 is 0. The summed E-state index contributed by atoms with van der Waals surface area (Å²) in [5.41, 5.74) is 0. The molecule has 0 radical (unpaired) electrons. The summed E-state index contributed by atoms with van der Waals surface area (Å²) in [5.74, 6) is 1.93. The maximum absolute atomic E-state index is 8.70. The Morgan fingerprint density at radius 3 is 2.39 bits per heavy atom. The van der Waals surface area contributed by atoms with Crippen molar-refractivity contribution in [1.82, 2.24) is 9.80 Å². The Labute approximate surface area is 112 Å². The topological polar surface area (TPSA) is 30.3 Å². The van der Waals surface area contributed by atoms with E-state index in [-0.39, 0.29) is 0 Å². The smallest absolute Gasteiger partial charge is 0.0866 e. The molecule has 0 aromatic heterocycles. The van der Waals surface area contributed by atoms with Crippen LogP contribution in [0, 0.1) is 23.2 Å². The molecule has 0 aromatic rings. The van der Waals surface area contributed by atoms with Gasteiger partial charge in [0, 0.05) is 32.7 Å². The van der Waals surface area contributed by atoms with E-state index in [0.29, 0.717) is 6.54 Å². The van der Waals surface area contributed by atoms with Crippen LogP contribution in [0.1, 0.15) is 39.0 Å². The molecular formula is C15H27N3. The molecule has 2 atom stereocenters. The van der Waals surface area contributed by atoms with E-state index in [1.807, 2.05) is 0 Å².